The summed E-state index contributed by atoms with van der Waals surface area (Å²) >= 11 is 3.40. The van der Waals surface area contributed by atoms with E-state index in [1.165, 1.54) is 0 Å². The van der Waals surface area contributed by atoms with Crippen molar-refractivity contribution in [3.05, 3.63) is 45.2 Å². The van der Waals surface area contributed by atoms with Crippen molar-refractivity contribution in [1.82, 2.24) is 15.1 Å². The van der Waals surface area contributed by atoms with E-state index in [-0.39, 0.29) is 5.91 Å². The van der Waals surface area contributed by atoms with Crippen molar-refractivity contribution in [1.29, 1.82) is 0 Å². The molecule has 1 aromatic heterocycles. The molecular weight excluding hydrogens is 320 g/mol. The number of aryl methyl sites for hydroxylation is 1. The zero-order valence-electron chi connectivity index (χ0n) is 11.1. The Hall–Kier alpha value is -1.82. The van der Waals surface area contributed by atoms with E-state index in [1.54, 1.807) is 6.20 Å². The van der Waals surface area contributed by atoms with Gasteiger partial charge in [-0.25, -0.2) is 0 Å². The number of hydrogen-bond donors (Lipinski definition) is 2. The summed E-state index contributed by atoms with van der Waals surface area (Å²) < 4.78 is 0.766. The monoisotopic (exact) mass is 334 g/mol. The first-order chi connectivity index (χ1) is 9.56. The van der Waals surface area contributed by atoms with Gasteiger partial charge >= 0.3 is 0 Å². The van der Waals surface area contributed by atoms with Crippen LogP contribution in [0.25, 0.3) is 0 Å². The number of benzene rings is 1. The van der Waals surface area contributed by atoms with E-state index in [0.717, 1.165) is 27.7 Å². The van der Waals surface area contributed by atoms with Gasteiger partial charge in [0, 0.05) is 35.2 Å². The molecule has 0 spiro atoms. The number of H-pyrrole nitrogens is 1. The van der Waals surface area contributed by atoms with Crippen molar-refractivity contribution in [2.24, 2.45) is 0 Å². The largest absolute Gasteiger partial charge is 0.397 e. The molecule has 0 aliphatic carbocycles. The van der Waals surface area contributed by atoms with Gasteiger partial charge in [0.15, 0.2) is 0 Å². The number of carbonyl (C=O) groups is 1. The zero-order chi connectivity index (χ0) is 14.3. The van der Waals surface area contributed by atoms with Gasteiger partial charge in [0.1, 0.15) is 0 Å². The van der Waals surface area contributed by atoms with Crippen molar-refractivity contribution in [2.75, 3.05) is 12.3 Å². The molecule has 6 heteroatoms. The predicted octanol–water partition coefficient (Wildman–Crippen LogP) is 2.26. The van der Waals surface area contributed by atoms with Gasteiger partial charge in [-0.15, -0.1) is 0 Å². The van der Waals surface area contributed by atoms with Gasteiger partial charge < -0.3 is 10.6 Å². The summed E-state index contributed by atoms with van der Waals surface area (Å²) in [5.41, 5.74) is 10.3. The third kappa shape index (κ3) is 2.20. The molecule has 5 nitrogen and oxygen atoms in total. The number of amides is 1. The van der Waals surface area contributed by atoms with Crippen LogP contribution < -0.4 is 5.73 Å². The summed E-state index contributed by atoms with van der Waals surface area (Å²) in [7, 11) is 0. The fourth-order valence-corrected chi connectivity index (χ4v) is 3.07. The number of hydrogen-bond acceptors (Lipinski definition) is 3. The number of nitrogens with two attached hydrogens (primary N) is 1. The number of aromatic nitrogens is 2. The number of fused-ring (bicyclic) bond motifs is 1. The van der Waals surface area contributed by atoms with E-state index in [4.69, 9.17) is 5.73 Å². The summed E-state index contributed by atoms with van der Waals surface area (Å²) in [6.07, 6.45) is 2.58. The van der Waals surface area contributed by atoms with Gasteiger partial charge in [0.2, 0.25) is 0 Å². The van der Waals surface area contributed by atoms with Gasteiger partial charge in [-0.2, -0.15) is 5.10 Å². The number of nitrogen functional groups attached to an aromatic ring is 1. The van der Waals surface area contributed by atoms with E-state index in [9.17, 15) is 4.79 Å². The van der Waals surface area contributed by atoms with E-state index < -0.39 is 0 Å². The summed E-state index contributed by atoms with van der Waals surface area (Å²) in [4.78, 5) is 14.5. The molecule has 3 N–H and O–H groups in total. The second kappa shape index (κ2) is 4.94. The van der Waals surface area contributed by atoms with Crippen molar-refractivity contribution < 1.29 is 4.79 Å². The highest BCUT2D eigenvalue weighted by Crippen LogP contribution is 2.27. The average Bonchev–Trinajstić information content (AvgIpc) is 2.89. The van der Waals surface area contributed by atoms with Crippen LogP contribution in [0.4, 0.5) is 5.69 Å². The summed E-state index contributed by atoms with van der Waals surface area (Å²) in [6.45, 7) is 3.21. The van der Waals surface area contributed by atoms with Crippen LogP contribution in [-0.4, -0.2) is 27.5 Å². The molecule has 2 aromatic rings. The molecule has 1 aliphatic rings. The maximum absolute atomic E-state index is 12.7. The molecule has 0 radical (unpaired) electrons. The Morgan fingerprint density at radius 2 is 2.30 bits per heavy atom. The van der Waals surface area contributed by atoms with E-state index in [0.29, 0.717) is 24.3 Å². The standard InChI is InChI=1S/C14H15BrN4O/c1-8-4-10(13(16)11(15)5-8)14(20)19-3-2-12-9(7-19)6-17-18-12/h4-6H,2-3,7,16H2,1H3,(H,17,18). The molecule has 104 valence electrons. The van der Waals surface area contributed by atoms with Crippen LogP contribution in [-0.2, 0) is 13.0 Å². The van der Waals surface area contributed by atoms with E-state index >= 15 is 0 Å². The second-order valence-electron chi connectivity index (χ2n) is 5.06. The maximum Gasteiger partial charge on any atom is 0.256 e. The predicted molar refractivity (Wildman–Crippen MR) is 80.3 cm³/mol. The molecule has 20 heavy (non-hydrogen) atoms. The number of anilines is 1. The van der Waals surface area contributed by atoms with Crippen molar-refractivity contribution in [2.45, 2.75) is 19.9 Å². The van der Waals surface area contributed by atoms with Gasteiger partial charge in [0.05, 0.1) is 17.4 Å². The minimum Gasteiger partial charge on any atom is -0.397 e. The lowest BCUT2D eigenvalue weighted by Gasteiger charge is -2.27. The highest BCUT2D eigenvalue weighted by molar-refractivity contribution is 9.10. The lowest BCUT2D eigenvalue weighted by molar-refractivity contribution is 0.0735. The van der Waals surface area contributed by atoms with Gasteiger partial charge in [0.25, 0.3) is 5.91 Å². The first kappa shape index (κ1) is 13.2. The molecule has 2 heterocycles. The fraction of sp³-hybridized carbons (Fsp3) is 0.286. The Bertz CT molecular complexity index is 680. The first-order valence-electron chi connectivity index (χ1n) is 6.42. The quantitative estimate of drug-likeness (QED) is 0.785. The Labute approximate surface area is 125 Å². The third-order valence-corrected chi connectivity index (χ3v) is 4.25. The minimum absolute atomic E-state index is 0.0289. The van der Waals surface area contributed by atoms with Crippen LogP contribution in [0, 0.1) is 6.92 Å². The lowest BCUT2D eigenvalue weighted by atomic mass is 10.0. The lowest BCUT2D eigenvalue weighted by Crippen LogP contribution is -2.36. The van der Waals surface area contributed by atoms with E-state index in [1.807, 2.05) is 24.0 Å². The molecular formula is C14H15BrN4O. The van der Waals surface area contributed by atoms with Crippen molar-refractivity contribution >= 4 is 27.5 Å². The summed E-state index contributed by atoms with van der Waals surface area (Å²) in [5, 5.41) is 6.99. The molecule has 0 saturated heterocycles. The van der Waals surface area contributed by atoms with Crippen LogP contribution in [0.3, 0.4) is 0 Å². The number of aromatic amines is 1. The number of rotatable bonds is 1. The van der Waals surface area contributed by atoms with Crippen LogP contribution in [0.5, 0.6) is 0 Å². The summed E-state index contributed by atoms with van der Waals surface area (Å²) in [5.74, 6) is -0.0289. The van der Waals surface area contributed by atoms with Crippen molar-refractivity contribution in [3.63, 3.8) is 0 Å². The number of nitrogens with zero attached hydrogens (tertiary/aromatic N) is 2. The minimum atomic E-state index is -0.0289. The molecule has 1 aromatic carbocycles. The normalized spacial score (nSPS) is 14.2. The topological polar surface area (TPSA) is 75.0 Å². The number of halogens is 1. The maximum atomic E-state index is 12.7. The summed E-state index contributed by atoms with van der Waals surface area (Å²) in [6, 6.07) is 3.75. The smallest absolute Gasteiger partial charge is 0.256 e. The van der Waals surface area contributed by atoms with Crippen LogP contribution in [0.1, 0.15) is 27.2 Å². The van der Waals surface area contributed by atoms with Crippen LogP contribution in [0.2, 0.25) is 0 Å². The Kier molecular flexibility index (Phi) is 3.25. The number of nitrogens with one attached hydrogen (secondary N) is 1. The Morgan fingerprint density at radius 3 is 3.10 bits per heavy atom. The average molecular weight is 335 g/mol. The molecule has 0 bridgehead atoms. The van der Waals surface area contributed by atoms with E-state index in [2.05, 4.69) is 26.1 Å². The molecule has 0 fully saturated rings. The van der Waals surface area contributed by atoms with Gasteiger partial charge in [-0.3, -0.25) is 9.89 Å². The first-order valence-corrected chi connectivity index (χ1v) is 7.21. The van der Waals surface area contributed by atoms with Gasteiger partial charge in [-0.05, 0) is 40.5 Å². The van der Waals surface area contributed by atoms with Crippen molar-refractivity contribution in [3.8, 4) is 0 Å². The Balaban J connectivity index is 1.91. The highest BCUT2D eigenvalue weighted by Gasteiger charge is 2.24. The highest BCUT2D eigenvalue weighted by atomic mass is 79.9. The molecule has 0 unspecified atom stereocenters. The molecule has 0 atom stereocenters. The fourth-order valence-electron chi connectivity index (χ4n) is 2.50. The molecule has 3 rings (SSSR count). The molecule has 1 amide bonds. The Morgan fingerprint density at radius 1 is 1.50 bits per heavy atom. The number of carbonyl (C=O) groups excluding carboxylic acids is 1. The third-order valence-electron chi connectivity index (χ3n) is 3.59. The van der Waals surface area contributed by atoms with Crippen LogP contribution >= 0.6 is 15.9 Å². The second-order valence-corrected chi connectivity index (χ2v) is 5.91. The molecule has 1 aliphatic heterocycles. The van der Waals surface area contributed by atoms with Gasteiger partial charge in [-0.1, -0.05) is 0 Å². The SMILES string of the molecule is Cc1cc(Br)c(N)c(C(=O)N2CCc3[nH]ncc3C2)c1. The zero-order valence-corrected chi connectivity index (χ0v) is 12.7. The molecule has 0 saturated carbocycles. The van der Waals surface area contributed by atoms with Crippen LogP contribution in [0.15, 0.2) is 22.8 Å².